The van der Waals surface area contributed by atoms with Gasteiger partial charge in [0.15, 0.2) is 5.82 Å². The second kappa shape index (κ2) is 8.30. The van der Waals surface area contributed by atoms with E-state index in [0.717, 1.165) is 23.4 Å². The number of amides is 1. The van der Waals surface area contributed by atoms with Crippen LogP contribution in [0, 0.1) is 11.8 Å². The van der Waals surface area contributed by atoms with Gasteiger partial charge in [-0.3, -0.25) is 4.79 Å². The van der Waals surface area contributed by atoms with Crippen molar-refractivity contribution >= 4 is 11.7 Å². The van der Waals surface area contributed by atoms with Crippen molar-refractivity contribution < 1.29 is 9.90 Å². The number of phenolic OH excluding ortho intramolecular Hbond substituents is 1. The lowest BCUT2D eigenvalue weighted by Crippen LogP contribution is -2.18. The van der Waals surface area contributed by atoms with Crippen molar-refractivity contribution in [3.05, 3.63) is 36.2 Å². The van der Waals surface area contributed by atoms with E-state index in [1.165, 1.54) is 25.7 Å². The van der Waals surface area contributed by atoms with Crippen molar-refractivity contribution in [3.8, 4) is 17.0 Å². The predicted octanol–water partition coefficient (Wildman–Crippen LogP) is 4.57. The zero-order valence-electron chi connectivity index (χ0n) is 15.5. The van der Waals surface area contributed by atoms with Crippen LogP contribution in [0.15, 0.2) is 30.5 Å². The molecule has 1 aromatic heterocycles. The summed E-state index contributed by atoms with van der Waals surface area (Å²) in [7, 11) is 0. The van der Waals surface area contributed by atoms with Crippen LogP contribution in [0.5, 0.6) is 5.75 Å². The molecule has 1 saturated carbocycles. The molecule has 0 radical (unpaired) electrons. The molecule has 3 rings (SSSR count). The van der Waals surface area contributed by atoms with Gasteiger partial charge >= 0.3 is 0 Å². The van der Waals surface area contributed by atoms with Gasteiger partial charge in [-0.05, 0) is 42.5 Å². The van der Waals surface area contributed by atoms with Gasteiger partial charge in [0.25, 0.3) is 0 Å². The average molecular weight is 353 g/mol. The third-order valence-electron chi connectivity index (χ3n) is 4.82. The Morgan fingerprint density at radius 3 is 2.58 bits per heavy atom. The number of aromatic hydroxyl groups is 1. The number of carbonyl (C=O) groups excluding carboxylic acids is 1. The second-order valence-electron chi connectivity index (χ2n) is 7.60. The van der Waals surface area contributed by atoms with Crippen LogP contribution in [0.3, 0.4) is 0 Å². The molecule has 1 aliphatic carbocycles. The smallest absolute Gasteiger partial charge is 0.225 e. The van der Waals surface area contributed by atoms with Crippen molar-refractivity contribution in [3.63, 3.8) is 0 Å². The minimum atomic E-state index is -0.0145. The van der Waals surface area contributed by atoms with Gasteiger partial charge < -0.3 is 10.4 Å². The van der Waals surface area contributed by atoms with Crippen LogP contribution in [0.4, 0.5) is 5.82 Å². The fourth-order valence-corrected chi connectivity index (χ4v) is 3.49. The van der Waals surface area contributed by atoms with Crippen LogP contribution in [-0.2, 0) is 11.2 Å². The summed E-state index contributed by atoms with van der Waals surface area (Å²) in [6, 6.07) is 6.95. The summed E-state index contributed by atoms with van der Waals surface area (Å²) in [5.41, 5.74) is 2.53. The van der Waals surface area contributed by atoms with Gasteiger partial charge in [-0.2, -0.15) is 0 Å². The van der Waals surface area contributed by atoms with Gasteiger partial charge in [0.05, 0.1) is 17.6 Å². The Hall–Kier alpha value is -2.43. The Kier molecular flexibility index (Phi) is 5.86. The number of phenols is 1. The van der Waals surface area contributed by atoms with Gasteiger partial charge in [-0.15, -0.1) is 0 Å². The maximum absolute atomic E-state index is 12.2. The van der Waals surface area contributed by atoms with Crippen molar-refractivity contribution in [2.75, 3.05) is 5.32 Å². The largest absolute Gasteiger partial charge is 0.508 e. The van der Waals surface area contributed by atoms with E-state index in [1.807, 2.05) is 26.0 Å². The molecular formula is C21H27N3O2. The first kappa shape index (κ1) is 18.4. The van der Waals surface area contributed by atoms with Crippen LogP contribution in [-0.4, -0.2) is 21.0 Å². The van der Waals surface area contributed by atoms with E-state index in [4.69, 9.17) is 4.98 Å². The van der Waals surface area contributed by atoms with E-state index in [2.05, 4.69) is 10.3 Å². The highest BCUT2D eigenvalue weighted by atomic mass is 16.3. The lowest BCUT2D eigenvalue weighted by Gasteiger charge is -2.15. The summed E-state index contributed by atoms with van der Waals surface area (Å²) in [6.07, 6.45) is 7.97. The van der Waals surface area contributed by atoms with Crippen LogP contribution in [0.1, 0.15) is 51.6 Å². The molecule has 0 spiro atoms. The van der Waals surface area contributed by atoms with Crippen molar-refractivity contribution in [2.24, 2.45) is 11.8 Å². The zero-order chi connectivity index (χ0) is 18.5. The highest BCUT2D eigenvalue weighted by Gasteiger charge is 2.20. The molecule has 0 aliphatic heterocycles. The molecule has 0 atom stereocenters. The van der Waals surface area contributed by atoms with E-state index < -0.39 is 0 Å². The first-order chi connectivity index (χ1) is 12.5. The molecule has 1 aromatic carbocycles. The summed E-state index contributed by atoms with van der Waals surface area (Å²) in [6.45, 7) is 4.05. The van der Waals surface area contributed by atoms with E-state index in [-0.39, 0.29) is 11.7 Å². The maximum atomic E-state index is 12.2. The van der Waals surface area contributed by atoms with Crippen LogP contribution in [0.25, 0.3) is 11.3 Å². The molecule has 5 heteroatoms. The number of hydrogen-bond donors (Lipinski definition) is 2. The van der Waals surface area contributed by atoms with Gasteiger partial charge in [0.1, 0.15) is 5.75 Å². The highest BCUT2D eigenvalue weighted by molar-refractivity contribution is 5.90. The minimum Gasteiger partial charge on any atom is -0.508 e. The minimum absolute atomic E-state index is 0.0145. The molecular weight excluding hydrogens is 326 g/mol. The number of benzene rings is 1. The average Bonchev–Trinajstić information content (AvgIpc) is 3.09. The first-order valence-corrected chi connectivity index (χ1v) is 9.46. The normalized spacial score (nSPS) is 14.7. The summed E-state index contributed by atoms with van der Waals surface area (Å²) in [5.74, 6) is 1.72. The summed E-state index contributed by atoms with van der Waals surface area (Å²) >= 11 is 0. The standard InChI is InChI=1S/C21H27N3O2/c1-14(2)11-20(26)24-21-18(12-15-5-3-4-6-15)23-19(13-22-21)16-7-9-17(25)10-8-16/h7-10,13-15,25H,3-6,11-12H2,1-2H3,(H,22,24,26). The summed E-state index contributed by atoms with van der Waals surface area (Å²) < 4.78 is 0. The van der Waals surface area contributed by atoms with Crippen molar-refractivity contribution in [1.29, 1.82) is 0 Å². The lowest BCUT2D eigenvalue weighted by atomic mass is 10.0. The molecule has 1 aliphatic rings. The molecule has 0 bridgehead atoms. The first-order valence-electron chi connectivity index (χ1n) is 9.46. The van der Waals surface area contributed by atoms with Crippen LogP contribution in [0.2, 0.25) is 0 Å². The number of nitrogens with zero attached hydrogens (tertiary/aromatic N) is 2. The molecule has 0 unspecified atom stereocenters. The zero-order valence-corrected chi connectivity index (χ0v) is 15.5. The number of carbonyl (C=O) groups is 1. The molecule has 0 saturated heterocycles. The van der Waals surface area contributed by atoms with Crippen molar-refractivity contribution in [2.45, 2.75) is 52.4 Å². The number of anilines is 1. The highest BCUT2D eigenvalue weighted by Crippen LogP contribution is 2.30. The van der Waals surface area contributed by atoms with Gasteiger partial charge in [0, 0.05) is 12.0 Å². The number of rotatable bonds is 6. The van der Waals surface area contributed by atoms with Crippen LogP contribution >= 0.6 is 0 Å². The maximum Gasteiger partial charge on any atom is 0.225 e. The van der Waals surface area contributed by atoms with E-state index >= 15 is 0 Å². The monoisotopic (exact) mass is 353 g/mol. The summed E-state index contributed by atoms with van der Waals surface area (Å²) in [4.78, 5) is 21.5. The Bertz CT molecular complexity index is 750. The third-order valence-corrected chi connectivity index (χ3v) is 4.82. The fourth-order valence-electron chi connectivity index (χ4n) is 3.49. The van der Waals surface area contributed by atoms with Gasteiger partial charge in [-0.25, -0.2) is 9.97 Å². The van der Waals surface area contributed by atoms with Crippen molar-refractivity contribution in [1.82, 2.24) is 9.97 Å². The number of nitrogens with one attached hydrogen (secondary N) is 1. The quantitative estimate of drug-likeness (QED) is 0.798. The Labute approximate surface area is 154 Å². The van der Waals surface area contributed by atoms with E-state index in [9.17, 15) is 9.90 Å². The Morgan fingerprint density at radius 2 is 1.92 bits per heavy atom. The summed E-state index contributed by atoms with van der Waals surface area (Å²) in [5, 5.41) is 12.4. The topological polar surface area (TPSA) is 75.1 Å². The molecule has 26 heavy (non-hydrogen) atoms. The van der Waals surface area contributed by atoms with E-state index in [0.29, 0.717) is 24.1 Å². The second-order valence-corrected chi connectivity index (χ2v) is 7.60. The van der Waals surface area contributed by atoms with E-state index in [1.54, 1.807) is 18.3 Å². The molecule has 1 fully saturated rings. The molecule has 138 valence electrons. The van der Waals surface area contributed by atoms with Gasteiger partial charge in [0.2, 0.25) is 5.91 Å². The molecule has 1 heterocycles. The number of hydrogen-bond acceptors (Lipinski definition) is 4. The van der Waals surface area contributed by atoms with Gasteiger partial charge in [-0.1, -0.05) is 39.5 Å². The fraction of sp³-hybridized carbons (Fsp3) is 0.476. The predicted molar refractivity (Wildman–Crippen MR) is 103 cm³/mol. The Balaban J connectivity index is 1.87. The molecule has 1 amide bonds. The van der Waals surface area contributed by atoms with Crippen LogP contribution < -0.4 is 5.32 Å². The lowest BCUT2D eigenvalue weighted by molar-refractivity contribution is -0.116. The third kappa shape index (κ3) is 4.81. The number of aromatic nitrogens is 2. The molecule has 2 aromatic rings. The molecule has 5 nitrogen and oxygen atoms in total. The molecule has 2 N–H and O–H groups in total. The Morgan fingerprint density at radius 1 is 1.23 bits per heavy atom. The SMILES string of the molecule is CC(C)CC(=O)Nc1ncc(-c2ccc(O)cc2)nc1CC1CCCC1.